The molecule has 1 aromatic rings. The van der Waals surface area contributed by atoms with Crippen LogP contribution in [0, 0.1) is 30.6 Å². The fraction of sp³-hybridized carbons (Fsp3) is 0.692. The highest BCUT2D eigenvalue weighted by Crippen LogP contribution is 2.48. The average Bonchev–Trinajstić information content (AvgIpc) is 2.95. The van der Waals surface area contributed by atoms with Gasteiger partial charge in [-0.15, -0.1) is 11.3 Å². The predicted octanol–water partition coefficient (Wildman–Crippen LogP) is 3.10. The normalized spacial score (nSPS) is 18.7. The van der Waals surface area contributed by atoms with E-state index in [9.17, 15) is 0 Å². The zero-order valence-electron chi connectivity index (χ0n) is 10.7. The van der Waals surface area contributed by atoms with Crippen molar-refractivity contribution in [3.8, 4) is 6.07 Å². The summed E-state index contributed by atoms with van der Waals surface area (Å²) >= 11 is 1.77. The Morgan fingerprint density at radius 3 is 2.71 bits per heavy atom. The second-order valence-corrected chi connectivity index (χ2v) is 6.35. The van der Waals surface area contributed by atoms with Crippen molar-refractivity contribution >= 4 is 11.3 Å². The van der Waals surface area contributed by atoms with Gasteiger partial charge in [0.25, 0.3) is 0 Å². The van der Waals surface area contributed by atoms with Crippen molar-refractivity contribution in [1.82, 2.24) is 10.3 Å². The van der Waals surface area contributed by atoms with E-state index in [4.69, 9.17) is 5.26 Å². The SMILES string of the molecule is Cc1nc(C)c(C(C)NCC2(CC#N)CC2)s1. The molecule has 0 radical (unpaired) electrons. The molecule has 0 bridgehead atoms. The smallest absolute Gasteiger partial charge is 0.0900 e. The quantitative estimate of drug-likeness (QED) is 0.872. The molecule has 1 aromatic heterocycles. The lowest BCUT2D eigenvalue weighted by molar-refractivity contribution is 0.434. The maximum atomic E-state index is 8.79. The fourth-order valence-electron chi connectivity index (χ4n) is 2.17. The molecule has 0 spiro atoms. The summed E-state index contributed by atoms with van der Waals surface area (Å²) in [5, 5.41) is 13.5. The van der Waals surface area contributed by atoms with E-state index in [1.807, 2.05) is 6.92 Å². The maximum Gasteiger partial charge on any atom is 0.0900 e. The van der Waals surface area contributed by atoms with E-state index < -0.39 is 0 Å². The summed E-state index contributed by atoms with van der Waals surface area (Å²) in [6, 6.07) is 2.64. The van der Waals surface area contributed by atoms with Crippen LogP contribution in [0.1, 0.15) is 47.8 Å². The first-order chi connectivity index (χ1) is 8.06. The van der Waals surface area contributed by atoms with Crippen molar-refractivity contribution in [2.24, 2.45) is 5.41 Å². The number of nitrogens with zero attached hydrogens (tertiary/aromatic N) is 2. The molecule has 3 nitrogen and oxygen atoms in total. The number of rotatable bonds is 5. The molecule has 0 aliphatic heterocycles. The van der Waals surface area contributed by atoms with Crippen LogP contribution in [0.25, 0.3) is 0 Å². The van der Waals surface area contributed by atoms with Crippen LogP contribution < -0.4 is 5.32 Å². The van der Waals surface area contributed by atoms with E-state index in [0.29, 0.717) is 12.5 Å². The third-order valence-corrected chi connectivity index (χ3v) is 4.78. The molecular weight excluding hydrogens is 230 g/mol. The van der Waals surface area contributed by atoms with Gasteiger partial charge in [-0.05, 0) is 39.0 Å². The van der Waals surface area contributed by atoms with Crippen molar-refractivity contribution in [2.45, 2.75) is 46.1 Å². The highest BCUT2D eigenvalue weighted by molar-refractivity contribution is 7.11. The van der Waals surface area contributed by atoms with E-state index in [2.05, 4.69) is 30.2 Å². The minimum atomic E-state index is 0.274. The van der Waals surface area contributed by atoms with E-state index in [-0.39, 0.29) is 5.41 Å². The molecule has 1 unspecified atom stereocenters. The molecule has 0 saturated heterocycles. The number of hydrogen-bond acceptors (Lipinski definition) is 4. The van der Waals surface area contributed by atoms with Gasteiger partial charge in [-0.3, -0.25) is 0 Å². The Bertz CT molecular complexity index is 440. The standard InChI is InChI=1S/C13H19N3S/c1-9(12-10(2)16-11(3)17-12)15-8-13(4-5-13)6-7-14/h9,15H,4-6,8H2,1-3H3. The van der Waals surface area contributed by atoms with Gasteiger partial charge in [-0.1, -0.05) is 0 Å². The minimum absolute atomic E-state index is 0.274. The third-order valence-electron chi connectivity index (χ3n) is 3.53. The topological polar surface area (TPSA) is 48.7 Å². The van der Waals surface area contributed by atoms with Crippen LogP contribution in [0.3, 0.4) is 0 Å². The molecule has 0 amide bonds. The monoisotopic (exact) mass is 249 g/mol. The number of aryl methyl sites for hydroxylation is 2. The molecule has 0 aromatic carbocycles. The Balaban J connectivity index is 1.92. The molecule has 92 valence electrons. The summed E-state index contributed by atoms with van der Waals surface area (Å²) in [6.45, 7) is 7.26. The van der Waals surface area contributed by atoms with Crippen LogP contribution in [-0.2, 0) is 0 Å². The van der Waals surface area contributed by atoms with Crippen LogP contribution in [-0.4, -0.2) is 11.5 Å². The first kappa shape index (κ1) is 12.5. The number of aromatic nitrogens is 1. The van der Waals surface area contributed by atoms with Gasteiger partial charge < -0.3 is 5.32 Å². The largest absolute Gasteiger partial charge is 0.309 e. The van der Waals surface area contributed by atoms with Crippen molar-refractivity contribution < 1.29 is 0 Å². The van der Waals surface area contributed by atoms with Gasteiger partial charge in [-0.2, -0.15) is 5.26 Å². The van der Waals surface area contributed by atoms with Crippen LogP contribution in [0.2, 0.25) is 0 Å². The Morgan fingerprint density at radius 1 is 1.53 bits per heavy atom. The van der Waals surface area contributed by atoms with Crippen LogP contribution in [0.4, 0.5) is 0 Å². The van der Waals surface area contributed by atoms with Crippen LogP contribution in [0.15, 0.2) is 0 Å². The van der Waals surface area contributed by atoms with Crippen molar-refractivity contribution in [1.29, 1.82) is 5.26 Å². The zero-order valence-corrected chi connectivity index (χ0v) is 11.5. The average molecular weight is 249 g/mol. The van der Waals surface area contributed by atoms with Crippen molar-refractivity contribution in [3.63, 3.8) is 0 Å². The second kappa shape index (κ2) is 4.75. The van der Waals surface area contributed by atoms with Crippen LogP contribution in [0.5, 0.6) is 0 Å². The Hall–Kier alpha value is -0.920. The molecule has 1 atom stereocenters. The Morgan fingerprint density at radius 2 is 2.24 bits per heavy atom. The fourth-order valence-corrected chi connectivity index (χ4v) is 3.13. The lowest BCUT2D eigenvalue weighted by Crippen LogP contribution is -2.26. The van der Waals surface area contributed by atoms with E-state index >= 15 is 0 Å². The van der Waals surface area contributed by atoms with Gasteiger partial charge in [0.15, 0.2) is 0 Å². The molecule has 1 fully saturated rings. The first-order valence-corrected chi connectivity index (χ1v) is 6.92. The molecule has 1 aliphatic rings. The lowest BCUT2D eigenvalue weighted by Gasteiger charge is -2.17. The predicted molar refractivity (Wildman–Crippen MR) is 69.9 cm³/mol. The van der Waals surface area contributed by atoms with Crippen molar-refractivity contribution in [2.75, 3.05) is 6.54 Å². The van der Waals surface area contributed by atoms with Gasteiger partial charge in [-0.25, -0.2) is 4.98 Å². The summed E-state index contributed by atoms with van der Waals surface area (Å²) in [6.07, 6.45) is 3.08. The summed E-state index contributed by atoms with van der Waals surface area (Å²) in [5.41, 5.74) is 1.41. The lowest BCUT2D eigenvalue weighted by atomic mass is 10.0. The highest BCUT2D eigenvalue weighted by atomic mass is 32.1. The number of thiazole rings is 1. The molecular formula is C13H19N3S. The Labute approximate surface area is 107 Å². The number of hydrogen-bond donors (Lipinski definition) is 1. The number of nitriles is 1. The molecule has 1 heterocycles. The van der Waals surface area contributed by atoms with Gasteiger partial charge >= 0.3 is 0 Å². The van der Waals surface area contributed by atoms with E-state index in [0.717, 1.165) is 17.2 Å². The first-order valence-electron chi connectivity index (χ1n) is 6.11. The van der Waals surface area contributed by atoms with E-state index in [1.165, 1.54) is 17.7 Å². The highest BCUT2D eigenvalue weighted by Gasteiger charge is 2.42. The summed E-state index contributed by atoms with van der Waals surface area (Å²) in [4.78, 5) is 5.78. The van der Waals surface area contributed by atoms with Gasteiger partial charge in [0, 0.05) is 23.9 Å². The van der Waals surface area contributed by atoms with Gasteiger partial charge in [0.1, 0.15) is 0 Å². The second-order valence-electron chi connectivity index (χ2n) is 5.12. The van der Waals surface area contributed by atoms with E-state index in [1.54, 1.807) is 11.3 Å². The summed E-state index contributed by atoms with van der Waals surface area (Å²) in [5.74, 6) is 0. The molecule has 1 saturated carbocycles. The van der Waals surface area contributed by atoms with Crippen LogP contribution >= 0.6 is 11.3 Å². The minimum Gasteiger partial charge on any atom is -0.309 e. The summed E-state index contributed by atoms with van der Waals surface area (Å²) < 4.78 is 0. The van der Waals surface area contributed by atoms with Gasteiger partial charge in [0.05, 0.1) is 16.8 Å². The summed E-state index contributed by atoms with van der Waals surface area (Å²) in [7, 11) is 0. The zero-order chi connectivity index (χ0) is 12.5. The third kappa shape index (κ3) is 2.85. The molecule has 1 N–H and O–H groups in total. The molecule has 2 rings (SSSR count). The van der Waals surface area contributed by atoms with Gasteiger partial charge in [0.2, 0.25) is 0 Å². The molecule has 4 heteroatoms. The Kier molecular flexibility index (Phi) is 3.50. The van der Waals surface area contributed by atoms with Crippen molar-refractivity contribution in [3.05, 3.63) is 15.6 Å². The maximum absolute atomic E-state index is 8.79. The molecule has 17 heavy (non-hydrogen) atoms. The molecule has 1 aliphatic carbocycles. The number of nitrogens with one attached hydrogen (secondary N) is 1.